The molecule has 5 nitrogen and oxygen atoms in total. The minimum Gasteiger partial charge on any atom is -0.676 e. The number of sulfonamides is 1. The molecule has 1 saturated carbocycles. The summed E-state index contributed by atoms with van der Waals surface area (Å²) in [5.41, 5.74) is 8.57. The molecule has 0 spiro atoms. The molecule has 2 unspecified atom stereocenters. The van der Waals surface area contributed by atoms with Crippen LogP contribution in [0.1, 0.15) is 31.2 Å². The van der Waals surface area contributed by atoms with Crippen molar-refractivity contribution in [3.63, 3.8) is 0 Å². The molecule has 1 aliphatic rings. The molecule has 2 aromatic rings. The third-order valence-corrected chi connectivity index (χ3v) is 5.57. The van der Waals surface area contributed by atoms with Gasteiger partial charge in [-0.1, -0.05) is 62.1 Å². The molecule has 0 saturated heterocycles. The first kappa shape index (κ1) is 25.1. The minimum absolute atomic E-state index is 0. The van der Waals surface area contributed by atoms with E-state index in [9.17, 15) is 8.42 Å². The van der Waals surface area contributed by atoms with Crippen molar-refractivity contribution in [2.24, 2.45) is 0 Å². The number of hydrogen-bond donors (Lipinski definition) is 0. The summed E-state index contributed by atoms with van der Waals surface area (Å²) in [4.78, 5) is 0. The van der Waals surface area contributed by atoms with Gasteiger partial charge in [-0.25, -0.2) is 8.42 Å². The second-order valence-electron chi connectivity index (χ2n) is 6.31. The van der Waals surface area contributed by atoms with Gasteiger partial charge in [-0.2, -0.15) is 6.04 Å². The minimum atomic E-state index is -3.66. The second-order valence-corrected chi connectivity index (χ2v) is 7.98. The number of hydrogen-bond acceptors (Lipinski definition) is 3. The Morgan fingerprint density at radius 1 is 1.04 bits per heavy atom. The van der Waals surface area contributed by atoms with Crippen LogP contribution in [0.15, 0.2) is 54.6 Å². The van der Waals surface area contributed by atoms with Crippen molar-refractivity contribution in [1.29, 1.82) is 0 Å². The zero-order valence-electron chi connectivity index (χ0n) is 15.7. The standard InChI is InChI=1S/C19H22N2O3S.CH3.ClH.Ru/c20-17-11-5-6-12-18(17)21-25(22,23)14-15-8-4-7-13-19(15)24-16-9-2-1-3-10-16;;;/h1-4,7-10,13,17-18,20H,5-6,11-12,14H2;1H3;1H;/q-2;-1;;+4/p-1. The zero-order valence-corrected chi connectivity index (χ0v) is 19.0. The second kappa shape index (κ2) is 12.6. The molecule has 2 atom stereocenters. The summed E-state index contributed by atoms with van der Waals surface area (Å²) < 4.78 is 34.9. The predicted octanol–water partition coefficient (Wildman–Crippen LogP) is 6.18. The Hall–Kier alpha value is -0.977. The summed E-state index contributed by atoms with van der Waals surface area (Å²) in [5, 5.41) is 0. The number of benzene rings is 2. The Bertz CT molecular complexity index is 806. The Labute approximate surface area is 182 Å². The van der Waals surface area contributed by atoms with Gasteiger partial charge in [0.15, 0.2) is 0 Å². The van der Waals surface area contributed by atoms with Gasteiger partial charge in [-0.05, 0) is 18.2 Å². The summed E-state index contributed by atoms with van der Waals surface area (Å²) in [7, 11) is 0.912. The maximum absolute atomic E-state index is 12.5. The topological polar surface area (TPSA) is 81.3 Å². The largest absolute Gasteiger partial charge is 0.676 e. The Morgan fingerprint density at radius 3 is 2.32 bits per heavy atom. The molecular formula is C20H25ClN2O3RuS. The summed E-state index contributed by atoms with van der Waals surface area (Å²) in [6, 6.07) is 15.5. The molecular weight excluding hydrogens is 485 g/mol. The number of halogens is 1. The van der Waals surface area contributed by atoms with E-state index in [1.54, 1.807) is 18.2 Å². The number of para-hydroxylation sites is 2. The van der Waals surface area contributed by atoms with Crippen LogP contribution in [0.25, 0.3) is 10.5 Å². The number of nitrogens with one attached hydrogen (secondary N) is 1. The number of nitrogens with zero attached hydrogens (tertiary/aromatic N) is 1. The van der Waals surface area contributed by atoms with Crippen LogP contribution in [-0.2, 0) is 33.1 Å². The molecule has 0 heterocycles. The quantitative estimate of drug-likeness (QED) is 0.344. The van der Waals surface area contributed by atoms with Crippen molar-refractivity contribution in [1.82, 2.24) is 0 Å². The third kappa shape index (κ3) is 7.80. The summed E-state index contributed by atoms with van der Waals surface area (Å²) in [6.07, 6.45) is 3.31. The Balaban J connectivity index is 0.00000127. The first-order valence-electron chi connectivity index (χ1n) is 8.63. The number of ether oxygens (including phenoxy) is 1. The summed E-state index contributed by atoms with van der Waals surface area (Å²) >= 11 is 1.82. The summed E-state index contributed by atoms with van der Waals surface area (Å²) in [6.45, 7) is 0. The average Bonchev–Trinajstić information content (AvgIpc) is 2.67. The van der Waals surface area contributed by atoms with Crippen LogP contribution in [0.3, 0.4) is 0 Å². The van der Waals surface area contributed by atoms with Gasteiger partial charge in [0, 0.05) is 5.56 Å². The molecule has 0 aromatic heterocycles. The molecule has 0 bridgehead atoms. The van der Waals surface area contributed by atoms with Crippen LogP contribution in [0, 0.1) is 7.43 Å². The van der Waals surface area contributed by atoms with E-state index >= 15 is 0 Å². The zero-order chi connectivity index (χ0) is 19.7. The summed E-state index contributed by atoms with van der Waals surface area (Å²) in [5.74, 6) is 0.959. The SMILES string of the molecule is [CH3-].[Cl][Ru+3].[NH-]C1CCCCC1[N-]S(=O)(=O)Cc1ccccc1Oc1ccccc1. The van der Waals surface area contributed by atoms with Crippen molar-refractivity contribution < 1.29 is 30.5 Å². The van der Waals surface area contributed by atoms with E-state index in [-0.39, 0.29) is 13.2 Å². The maximum Gasteiger partial charge on any atom is 0.131 e. The van der Waals surface area contributed by atoms with Crippen LogP contribution >= 0.6 is 9.69 Å². The van der Waals surface area contributed by atoms with Crippen molar-refractivity contribution in [2.45, 2.75) is 43.5 Å². The predicted molar refractivity (Wildman–Crippen MR) is 112 cm³/mol. The molecule has 8 heteroatoms. The van der Waals surface area contributed by atoms with Crippen molar-refractivity contribution in [3.8, 4) is 11.5 Å². The van der Waals surface area contributed by atoms with E-state index in [0.29, 0.717) is 23.5 Å². The fourth-order valence-electron chi connectivity index (χ4n) is 3.02. The molecule has 28 heavy (non-hydrogen) atoms. The van der Waals surface area contributed by atoms with Gasteiger partial charge in [-0.3, -0.25) is 0 Å². The molecule has 1 fully saturated rings. The molecule has 0 amide bonds. The van der Waals surface area contributed by atoms with Crippen molar-refractivity contribution in [3.05, 3.63) is 78.0 Å². The fourth-order valence-corrected chi connectivity index (χ4v) is 4.39. The third-order valence-electron chi connectivity index (χ3n) is 4.31. The number of rotatable bonds is 6. The molecule has 2 aromatic carbocycles. The van der Waals surface area contributed by atoms with Crippen LogP contribution in [0.4, 0.5) is 0 Å². The molecule has 1 N–H and O–H groups in total. The van der Waals surface area contributed by atoms with Crippen LogP contribution < -0.4 is 4.74 Å². The molecule has 1 aliphatic carbocycles. The van der Waals surface area contributed by atoms with Gasteiger partial charge < -0.3 is 22.6 Å². The average molecular weight is 510 g/mol. The Kier molecular flexibility index (Phi) is 11.2. The molecule has 0 radical (unpaired) electrons. The Morgan fingerprint density at radius 2 is 1.64 bits per heavy atom. The fraction of sp³-hybridized carbons (Fsp3) is 0.350. The van der Waals surface area contributed by atoms with E-state index in [1.165, 1.54) is 0 Å². The maximum atomic E-state index is 12.5. The van der Waals surface area contributed by atoms with E-state index < -0.39 is 22.1 Å². The van der Waals surface area contributed by atoms with Gasteiger partial charge in [0.25, 0.3) is 0 Å². The van der Waals surface area contributed by atoms with Gasteiger partial charge in [0.2, 0.25) is 0 Å². The van der Waals surface area contributed by atoms with Crippen molar-refractivity contribution >= 4 is 19.7 Å². The molecule has 3 rings (SSSR count). The smallest absolute Gasteiger partial charge is 0.131 e. The van der Waals surface area contributed by atoms with E-state index in [0.717, 1.165) is 19.3 Å². The first-order valence-corrected chi connectivity index (χ1v) is 12.5. The van der Waals surface area contributed by atoms with Gasteiger partial charge in [-0.15, -0.1) is 6.04 Å². The van der Waals surface area contributed by atoms with Crippen LogP contribution in [0.2, 0.25) is 0 Å². The van der Waals surface area contributed by atoms with Gasteiger partial charge in [0.05, 0.1) is 15.8 Å². The van der Waals surface area contributed by atoms with Crippen LogP contribution in [0.5, 0.6) is 11.5 Å². The van der Waals surface area contributed by atoms with E-state index in [4.69, 9.17) is 10.5 Å². The van der Waals surface area contributed by atoms with Crippen molar-refractivity contribution in [2.75, 3.05) is 0 Å². The van der Waals surface area contributed by atoms with Gasteiger partial charge in [0.1, 0.15) is 11.5 Å². The van der Waals surface area contributed by atoms with E-state index in [1.807, 2.05) is 53.7 Å². The van der Waals surface area contributed by atoms with Gasteiger partial charge >= 0.3 is 27.0 Å². The first-order chi connectivity index (χ1) is 13.0. The normalized spacial score (nSPS) is 18.9. The van der Waals surface area contributed by atoms with E-state index in [2.05, 4.69) is 14.4 Å². The monoisotopic (exact) mass is 510 g/mol. The molecule has 154 valence electrons. The van der Waals surface area contributed by atoms with Crippen LogP contribution in [-0.4, -0.2) is 20.5 Å². The molecule has 0 aliphatic heterocycles.